The third-order valence-corrected chi connectivity index (χ3v) is 1.62. The van der Waals surface area contributed by atoms with Crippen LogP contribution in [0.5, 0.6) is 0 Å². The highest BCUT2D eigenvalue weighted by atomic mass is 27.0. The van der Waals surface area contributed by atoms with Crippen molar-refractivity contribution in [1.29, 1.82) is 0 Å². The fraction of sp³-hybridized carbons (Fsp3) is 0.500. The van der Waals surface area contributed by atoms with E-state index in [1.807, 2.05) is 0 Å². The molecule has 3 nitrogen and oxygen atoms in total. The largest absolute Gasteiger partial charge is 0.355 e. The Labute approximate surface area is 56.1 Å². The monoisotopic (exact) mass is 129 g/mol. The molecule has 0 radical (unpaired) electrons. The Morgan fingerprint density at radius 2 is 1.88 bits per heavy atom. The van der Waals surface area contributed by atoms with E-state index in [2.05, 4.69) is 0 Å². The van der Waals surface area contributed by atoms with Gasteiger partial charge in [0.1, 0.15) is 4.77 Å². The molecule has 2 amide bonds. The lowest BCUT2D eigenvalue weighted by Crippen LogP contribution is -2.29. The maximum atomic E-state index is 10.4. The van der Waals surface area contributed by atoms with Crippen LogP contribution in [0.25, 0.3) is 0 Å². The van der Waals surface area contributed by atoms with Crippen LogP contribution in [0.3, 0.4) is 0 Å². The zero-order valence-electron chi connectivity index (χ0n) is 5.26. The predicted molar refractivity (Wildman–Crippen MR) is 32.4 cm³/mol. The lowest BCUT2D eigenvalue weighted by atomic mass is 10.6. The van der Waals surface area contributed by atoms with Crippen LogP contribution in [0.4, 0.5) is 4.79 Å². The summed E-state index contributed by atoms with van der Waals surface area (Å²) in [5.74, 6) is -0.190. The van der Waals surface area contributed by atoms with Crippen molar-refractivity contribution >= 4 is 27.0 Å². The highest BCUT2D eigenvalue weighted by molar-refractivity contribution is 6.58. The van der Waals surface area contributed by atoms with Gasteiger partial charge in [-0.15, -0.1) is 0 Å². The Morgan fingerprint density at radius 3 is 1.88 bits per heavy atom. The van der Waals surface area contributed by atoms with Gasteiger partial charge in [0.15, 0.2) is 0 Å². The molecule has 0 saturated heterocycles. The van der Waals surface area contributed by atoms with Gasteiger partial charge in [0.25, 0.3) is 0 Å². The van der Waals surface area contributed by atoms with E-state index in [-0.39, 0.29) is 10.7 Å². The highest BCUT2D eigenvalue weighted by Crippen LogP contribution is 1.81. The smallest absolute Gasteiger partial charge is 0.303 e. The average Bonchev–Trinajstić information content (AvgIpc) is 1.64. The van der Waals surface area contributed by atoms with Crippen LogP contribution in [-0.2, 0) is 4.79 Å². The van der Waals surface area contributed by atoms with Crippen molar-refractivity contribution in [3.05, 3.63) is 0 Å². The summed E-state index contributed by atoms with van der Waals surface area (Å²) in [7, 11) is 1.48. The summed E-state index contributed by atoms with van der Waals surface area (Å²) in [5.41, 5.74) is 0. The third-order valence-electron chi connectivity index (χ3n) is 0.945. The zero-order valence-corrected chi connectivity index (χ0v) is 7.26. The Balaban J connectivity index is 3.83. The second-order valence-electron chi connectivity index (χ2n) is 1.60. The molecule has 4 heteroatoms. The molecule has 0 N–H and O–H groups in total. The fourth-order valence-electron chi connectivity index (χ4n) is 0.222. The van der Waals surface area contributed by atoms with Gasteiger partial charge in [-0.2, -0.15) is 0 Å². The molecule has 0 fully saturated rings. The van der Waals surface area contributed by atoms with Crippen LogP contribution in [0.1, 0.15) is 6.92 Å². The molecule has 0 spiro atoms. The van der Waals surface area contributed by atoms with E-state index in [1.54, 1.807) is 0 Å². The second-order valence-corrected chi connectivity index (χ2v) is 2.45. The average molecular weight is 129 g/mol. The van der Waals surface area contributed by atoms with Gasteiger partial charge in [-0.3, -0.25) is 9.59 Å². The molecular formula is C4H8AlNO2. The number of hydrogen-bond donors (Lipinski definition) is 0. The van der Waals surface area contributed by atoms with Gasteiger partial charge < -0.3 is 4.90 Å². The maximum Gasteiger partial charge on any atom is 0.355 e. The molecule has 0 heterocycles. The summed E-state index contributed by atoms with van der Waals surface area (Å²) >= 11 is 0.417. The Morgan fingerprint density at radius 1 is 1.50 bits per heavy atom. The van der Waals surface area contributed by atoms with Gasteiger partial charge in [0, 0.05) is 14.0 Å². The highest BCUT2D eigenvalue weighted by Gasteiger charge is 2.03. The minimum Gasteiger partial charge on any atom is -0.303 e. The second kappa shape index (κ2) is 2.85. The molecule has 0 aromatic rings. The Kier molecular flexibility index (Phi) is 2.74. The van der Waals surface area contributed by atoms with Crippen molar-refractivity contribution in [1.82, 2.24) is 4.90 Å². The van der Waals surface area contributed by atoms with Gasteiger partial charge in [0.2, 0.25) is 5.91 Å². The first-order valence-corrected chi connectivity index (χ1v) is 3.30. The molecule has 0 aliphatic carbocycles. The molecular weight excluding hydrogens is 121 g/mol. The first kappa shape index (κ1) is 7.67. The van der Waals surface area contributed by atoms with E-state index in [9.17, 15) is 9.59 Å². The normalized spacial score (nSPS) is 8.25. The summed E-state index contributed by atoms with van der Waals surface area (Å²) in [6.07, 6.45) is 0. The standard InChI is InChI=1S/C4H6NO2.Al.2H/c1-4(7)5(2)3-6;;;/h1-2H3;;;. The molecule has 0 rings (SSSR count). The molecule has 0 bridgehead atoms. The molecule has 44 valence electrons. The van der Waals surface area contributed by atoms with Crippen molar-refractivity contribution in [2.75, 3.05) is 7.05 Å². The van der Waals surface area contributed by atoms with Crippen LogP contribution in [-0.4, -0.2) is 38.9 Å². The molecule has 0 aliphatic heterocycles. The van der Waals surface area contributed by atoms with Crippen molar-refractivity contribution < 1.29 is 9.59 Å². The van der Waals surface area contributed by atoms with Crippen LogP contribution in [0.15, 0.2) is 0 Å². The minimum absolute atomic E-state index is 0.0856. The summed E-state index contributed by atoms with van der Waals surface area (Å²) < 4.78 is -0.0856. The number of carbonyl (C=O) groups is 2. The van der Waals surface area contributed by atoms with Crippen molar-refractivity contribution in [3.8, 4) is 0 Å². The van der Waals surface area contributed by atoms with E-state index in [4.69, 9.17) is 0 Å². The first-order valence-electron chi connectivity index (χ1n) is 2.30. The lowest BCUT2D eigenvalue weighted by Gasteiger charge is -2.08. The van der Waals surface area contributed by atoms with E-state index in [1.165, 1.54) is 14.0 Å². The molecule has 0 unspecified atom stereocenters. The van der Waals surface area contributed by atoms with Gasteiger partial charge in [-0.05, 0) is 0 Å². The Hall–Kier alpha value is -0.328. The van der Waals surface area contributed by atoms with Crippen molar-refractivity contribution in [2.24, 2.45) is 0 Å². The number of carbonyl (C=O) groups excluding carboxylic acids is 2. The van der Waals surface area contributed by atoms with Crippen molar-refractivity contribution in [2.45, 2.75) is 6.92 Å². The number of amides is 2. The lowest BCUT2D eigenvalue weighted by molar-refractivity contribution is -0.124. The molecule has 8 heavy (non-hydrogen) atoms. The van der Waals surface area contributed by atoms with Crippen molar-refractivity contribution in [3.63, 3.8) is 0 Å². The molecule has 0 aromatic carbocycles. The third kappa shape index (κ3) is 2.10. The van der Waals surface area contributed by atoms with Gasteiger partial charge >= 0.3 is 16.3 Å². The van der Waals surface area contributed by atoms with Crippen LogP contribution >= 0.6 is 0 Å². The summed E-state index contributed by atoms with van der Waals surface area (Å²) in [6, 6.07) is 0. The van der Waals surface area contributed by atoms with Crippen LogP contribution in [0.2, 0.25) is 0 Å². The van der Waals surface area contributed by atoms with Crippen LogP contribution < -0.4 is 0 Å². The predicted octanol–water partition coefficient (Wildman–Crippen LogP) is -0.782. The fourth-order valence-corrected chi connectivity index (χ4v) is 0.537. The van der Waals surface area contributed by atoms with Gasteiger partial charge in [0.05, 0.1) is 0 Å². The quantitative estimate of drug-likeness (QED) is 0.402. The maximum absolute atomic E-state index is 10.4. The number of nitrogens with zero attached hydrogens (tertiary/aromatic N) is 1. The molecule has 0 atom stereocenters. The molecule has 0 aliphatic rings. The number of hydrogen-bond acceptors (Lipinski definition) is 2. The van der Waals surface area contributed by atoms with E-state index >= 15 is 0 Å². The molecule has 0 saturated carbocycles. The Bertz CT molecular complexity index is 109. The number of rotatable bonds is 0. The zero-order chi connectivity index (χ0) is 6.73. The van der Waals surface area contributed by atoms with E-state index in [0.29, 0.717) is 16.3 Å². The van der Waals surface area contributed by atoms with Gasteiger partial charge in [-0.25, -0.2) is 0 Å². The first-order chi connectivity index (χ1) is 3.55. The van der Waals surface area contributed by atoms with Gasteiger partial charge in [-0.1, -0.05) is 0 Å². The summed E-state index contributed by atoms with van der Waals surface area (Å²) in [6.45, 7) is 1.37. The van der Waals surface area contributed by atoms with E-state index < -0.39 is 0 Å². The van der Waals surface area contributed by atoms with E-state index in [0.717, 1.165) is 4.90 Å². The summed E-state index contributed by atoms with van der Waals surface area (Å²) in [4.78, 5) is 21.8. The summed E-state index contributed by atoms with van der Waals surface area (Å²) in [5, 5.41) is 0. The van der Waals surface area contributed by atoms with Crippen LogP contribution in [0, 0.1) is 0 Å². The number of imide groups is 1. The SMILES string of the molecule is CC(=O)N(C)[C](=O)[AlH2]. The topological polar surface area (TPSA) is 37.4 Å². The minimum atomic E-state index is -0.190. The molecule has 0 aromatic heterocycles.